The Morgan fingerprint density at radius 2 is 1.73 bits per heavy atom. The second kappa shape index (κ2) is 8.92. The van der Waals surface area contributed by atoms with Crippen LogP contribution in [0.4, 0.5) is 11.5 Å². The summed E-state index contributed by atoms with van der Waals surface area (Å²) in [7, 11) is 0. The van der Waals surface area contributed by atoms with Crippen LogP contribution < -0.4 is 10.2 Å². The summed E-state index contributed by atoms with van der Waals surface area (Å²) in [4.78, 5) is 37.5. The summed E-state index contributed by atoms with van der Waals surface area (Å²) in [6.45, 7) is 2.57. The lowest BCUT2D eigenvalue weighted by Gasteiger charge is -2.35. The highest BCUT2D eigenvalue weighted by Crippen LogP contribution is 2.18. The summed E-state index contributed by atoms with van der Waals surface area (Å²) in [6.07, 6.45) is 4.73. The van der Waals surface area contributed by atoms with Crippen LogP contribution in [-0.4, -0.2) is 52.9 Å². The zero-order chi connectivity index (χ0) is 20.9. The molecule has 0 unspecified atom stereocenters. The molecular formula is C22H20ClN5O2. The molecule has 2 amide bonds. The Morgan fingerprint density at radius 3 is 2.43 bits per heavy atom. The van der Waals surface area contributed by atoms with Crippen molar-refractivity contribution in [1.29, 1.82) is 0 Å². The summed E-state index contributed by atoms with van der Waals surface area (Å²) in [5, 5.41) is 3.41. The van der Waals surface area contributed by atoms with Gasteiger partial charge in [-0.1, -0.05) is 17.7 Å². The number of halogens is 1. The average Bonchev–Trinajstić information content (AvgIpc) is 2.80. The summed E-state index contributed by atoms with van der Waals surface area (Å²) in [5.41, 5.74) is 1.57. The number of amides is 2. The molecule has 1 fully saturated rings. The van der Waals surface area contributed by atoms with Crippen LogP contribution in [0.3, 0.4) is 0 Å². The van der Waals surface area contributed by atoms with E-state index in [-0.39, 0.29) is 11.8 Å². The van der Waals surface area contributed by atoms with E-state index in [2.05, 4.69) is 20.2 Å². The highest BCUT2D eigenvalue weighted by Gasteiger charge is 2.23. The van der Waals surface area contributed by atoms with Crippen LogP contribution >= 0.6 is 11.6 Å². The van der Waals surface area contributed by atoms with Crippen molar-refractivity contribution in [2.75, 3.05) is 36.4 Å². The van der Waals surface area contributed by atoms with Crippen LogP contribution in [0.5, 0.6) is 0 Å². The maximum Gasteiger partial charge on any atom is 0.257 e. The van der Waals surface area contributed by atoms with Gasteiger partial charge >= 0.3 is 0 Å². The molecule has 1 aliphatic heterocycles. The zero-order valence-corrected chi connectivity index (χ0v) is 16.9. The molecular weight excluding hydrogens is 402 g/mol. The first-order valence-electron chi connectivity index (χ1n) is 9.57. The largest absolute Gasteiger partial charge is 0.353 e. The van der Waals surface area contributed by atoms with E-state index in [0.29, 0.717) is 48.0 Å². The van der Waals surface area contributed by atoms with Crippen molar-refractivity contribution in [3.8, 4) is 0 Å². The molecule has 4 rings (SSSR count). The standard InChI is InChI=1S/C22H20ClN5O2/c23-18-6-7-20(25-15-18)27-9-11-28(12-10-27)22(30)16-3-1-5-19(13-16)26-21(29)17-4-2-8-24-14-17/h1-8,13-15H,9-12H2,(H,26,29). The maximum absolute atomic E-state index is 12.9. The van der Waals surface area contributed by atoms with Gasteiger partial charge in [-0.3, -0.25) is 14.6 Å². The number of carbonyl (C=O) groups excluding carboxylic acids is 2. The SMILES string of the molecule is O=C(Nc1cccc(C(=O)N2CCN(c3ccc(Cl)cn3)CC2)c1)c1cccnc1. The Hall–Kier alpha value is -3.45. The molecule has 30 heavy (non-hydrogen) atoms. The number of carbonyl (C=O) groups is 2. The van der Waals surface area contributed by atoms with E-state index in [0.717, 1.165) is 5.82 Å². The predicted molar refractivity (Wildman–Crippen MR) is 116 cm³/mol. The summed E-state index contributed by atoms with van der Waals surface area (Å²) in [6, 6.07) is 14.1. The second-order valence-corrected chi connectivity index (χ2v) is 7.33. The van der Waals surface area contributed by atoms with Crippen molar-refractivity contribution >= 4 is 34.9 Å². The number of benzene rings is 1. The van der Waals surface area contributed by atoms with E-state index < -0.39 is 0 Å². The maximum atomic E-state index is 12.9. The fourth-order valence-corrected chi connectivity index (χ4v) is 3.42. The van der Waals surface area contributed by atoms with Gasteiger partial charge in [0.05, 0.1) is 10.6 Å². The van der Waals surface area contributed by atoms with Crippen LogP contribution in [0, 0.1) is 0 Å². The fraction of sp³-hybridized carbons (Fsp3) is 0.182. The third kappa shape index (κ3) is 4.58. The van der Waals surface area contributed by atoms with Gasteiger partial charge in [-0.05, 0) is 42.5 Å². The van der Waals surface area contributed by atoms with Crippen LogP contribution in [0.1, 0.15) is 20.7 Å². The van der Waals surface area contributed by atoms with Crippen molar-refractivity contribution in [1.82, 2.24) is 14.9 Å². The molecule has 8 heteroatoms. The van der Waals surface area contributed by atoms with Crippen molar-refractivity contribution in [2.45, 2.75) is 0 Å². The first kappa shape index (κ1) is 19.8. The van der Waals surface area contributed by atoms with Crippen molar-refractivity contribution < 1.29 is 9.59 Å². The first-order chi connectivity index (χ1) is 14.6. The van der Waals surface area contributed by atoms with Gasteiger partial charge in [-0.15, -0.1) is 0 Å². The molecule has 3 aromatic rings. The quantitative estimate of drug-likeness (QED) is 0.699. The molecule has 152 valence electrons. The van der Waals surface area contributed by atoms with Crippen LogP contribution in [0.2, 0.25) is 5.02 Å². The Morgan fingerprint density at radius 1 is 0.933 bits per heavy atom. The third-order valence-electron chi connectivity index (χ3n) is 4.89. The van der Waals surface area contributed by atoms with Crippen LogP contribution in [0.15, 0.2) is 67.1 Å². The number of pyridine rings is 2. The molecule has 0 radical (unpaired) electrons. The first-order valence-corrected chi connectivity index (χ1v) is 9.95. The van der Waals surface area contributed by atoms with Crippen molar-refractivity contribution in [2.24, 2.45) is 0 Å². The average molecular weight is 422 g/mol. The number of rotatable bonds is 4. The monoisotopic (exact) mass is 421 g/mol. The Balaban J connectivity index is 1.39. The summed E-state index contributed by atoms with van der Waals surface area (Å²) < 4.78 is 0. The van der Waals surface area contributed by atoms with Gasteiger partial charge in [-0.25, -0.2) is 4.98 Å². The molecule has 3 heterocycles. The van der Waals surface area contributed by atoms with E-state index in [1.54, 1.807) is 48.8 Å². The molecule has 0 spiro atoms. The van der Waals surface area contributed by atoms with Gasteiger partial charge in [0.25, 0.3) is 11.8 Å². The van der Waals surface area contributed by atoms with Crippen LogP contribution in [0.25, 0.3) is 0 Å². The van der Waals surface area contributed by atoms with E-state index in [4.69, 9.17) is 11.6 Å². The van der Waals surface area contributed by atoms with E-state index in [9.17, 15) is 9.59 Å². The molecule has 1 saturated heterocycles. The summed E-state index contributed by atoms with van der Waals surface area (Å²) in [5.74, 6) is 0.527. The number of hydrogen-bond donors (Lipinski definition) is 1. The molecule has 7 nitrogen and oxygen atoms in total. The predicted octanol–water partition coefficient (Wildman–Crippen LogP) is 3.34. The molecule has 1 aliphatic rings. The van der Waals surface area contributed by atoms with Crippen molar-refractivity contribution in [3.63, 3.8) is 0 Å². The lowest BCUT2D eigenvalue weighted by Crippen LogP contribution is -2.49. The Kier molecular flexibility index (Phi) is 5.90. The molecule has 1 aromatic carbocycles. The number of hydrogen-bond acceptors (Lipinski definition) is 5. The topological polar surface area (TPSA) is 78.4 Å². The van der Waals surface area contributed by atoms with Crippen molar-refractivity contribution in [3.05, 3.63) is 83.3 Å². The summed E-state index contributed by atoms with van der Waals surface area (Å²) >= 11 is 5.90. The number of anilines is 2. The molecule has 0 atom stereocenters. The van der Waals surface area contributed by atoms with E-state index in [1.807, 2.05) is 17.0 Å². The molecule has 2 aromatic heterocycles. The molecule has 1 N–H and O–H groups in total. The number of nitrogens with zero attached hydrogens (tertiary/aromatic N) is 4. The molecule has 0 bridgehead atoms. The normalized spacial score (nSPS) is 13.8. The van der Waals surface area contributed by atoms with E-state index in [1.165, 1.54) is 6.20 Å². The number of aromatic nitrogens is 2. The smallest absolute Gasteiger partial charge is 0.257 e. The van der Waals surface area contributed by atoms with Crippen LogP contribution in [-0.2, 0) is 0 Å². The minimum Gasteiger partial charge on any atom is -0.353 e. The van der Waals surface area contributed by atoms with Gasteiger partial charge in [-0.2, -0.15) is 0 Å². The van der Waals surface area contributed by atoms with Gasteiger partial charge in [0.15, 0.2) is 0 Å². The number of nitrogens with one attached hydrogen (secondary N) is 1. The van der Waals surface area contributed by atoms with Gasteiger partial charge < -0.3 is 15.1 Å². The molecule has 0 saturated carbocycles. The highest BCUT2D eigenvalue weighted by molar-refractivity contribution is 6.30. The minimum atomic E-state index is -0.267. The van der Waals surface area contributed by atoms with Gasteiger partial charge in [0, 0.05) is 56.0 Å². The third-order valence-corrected chi connectivity index (χ3v) is 5.12. The lowest BCUT2D eigenvalue weighted by atomic mass is 10.1. The Bertz CT molecular complexity index is 1030. The van der Waals surface area contributed by atoms with Gasteiger partial charge in [0.2, 0.25) is 0 Å². The lowest BCUT2D eigenvalue weighted by molar-refractivity contribution is 0.0746. The number of piperazine rings is 1. The second-order valence-electron chi connectivity index (χ2n) is 6.89. The minimum absolute atomic E-state index is 0.0591. The van der Waals surface area contributed by atoms with Gasteiger partial charge in [0.1, 0.15) is 5.82 Å². The zero-order valence-electron chi connectivity index (χ0n) is 16.2. The van der Waals surface area contributed by atoms with E-state index >= 15 is 0 Å². The Labute approximate surface area is 179 Å². The molecule has 0 aliphatic carbocycles. The highest BCUT2D eigenvalue weighted by atomic mass is 35.5. The fourth-order valence-electron chi connectivity index (χ4n) is 3.31.